The maximum Gasteiger partial charge on any atom is 0.245 e. The molecule has 0 aliphatic heterocycles. The van der Waals surface area contributed by atoms with E-state index < -0.39 is 0 Å². The molecule has 0 bridgehead atoms. The van der Waals surface area contributed by atoms with Crippen LogP contribution in [0.3, 0.4) is 0 Å². The molecule has 1 aromatic carbocycles. The van der Waals surface area contributed by atoms with Crippen molar-refractivity contribution in [2.24, 2.45) is 0 Å². The van der Waals surface area contributed by atoms with Crippen LogP contribution in [0.15, 0.2) is 47.1 Å². The highest BCUT2D eigenvalue weighted by Gasteiger charge is 2.16. The number of anilines is 1. The van der Waals surface area contributed by atoms with E-state index in [1.807, 2.05) is 17.0 Å². The highest BCUT2D eigenvalue weighted by Crippen LogP contribution is 2.22. The molecule has 1 N–H and O–H groups in total. The first kappa shape index (κ1) is 20.0. The summed E-state index contributed by atoms with van der Waals surface area (Å²) in [5.41, 5.74) is 3.32. The molecule has 148 valence electrons. The minimum absolute atomic E-state index is 0.206. The van der Waals surface area contributed by atoms with Crippen LogP contribution in [0, 0.1) is 5.82 Å². The van der Waals surface area contributed by atoms with Crippen molar-refractivity contribution in [1.82, 2.24) is 14.8 Å². The van der Waals surface area contributed by atoms with Gasteiger partial charge in [0.2, 0.25) is 11.0 Å². The Morgan fingerprint density at radius 2 is 2.14 bits per heavy atom. The first-order valence-electron chi connectivity index (χ1n) is 8.89. The maximum absolute atomic E-state index is 13.1. The van der Waals surface area contributed by atoms with E-state index in [1.54, 1.807) is 25.3 Å². The number of carbonyl (C=O) groups excluding carboxylic acids is 1. The SMILES string of the molecule is CCONC(=O)CCN(Cc1ccco1)c1nc(Cc2ccc(F)cc2)ns1. The Labute approximate surface area is 166 Å². The summed E-state index contributed by atoms with van der Waals surface area (Å²) in [5, 5.41) is 0.692. The van der Waals surface area contributed by atoms with Crippen LogP contribution >= 0.6 is 11.5 Å². The Balaban J connectivity index is 1.67. The van der Waals surface area contributed by atoms with Crippen molar-refractivity contribution >= 4 is 22.6 Å². The first-order valence-corrected chi connectivity index (χ1v) is 9.66. The van der Waals surface area contributed by atoms with E-state index in [9.17, 15) is 9.18 Å². The lowest BCUT2D eigenvalue weighted by molar-refractivity contribution is -0.132. The fraction of sp³-hybridized carbons (Fsp3) is 0.316. The van der Waals surface area contributed by atoms with Crippen LogP contribution in [0.5, 0.6) is 0 Å². The second-order valence-corrected chi connectivity index (χ2v) is 6.74. The van der Waals surface area contributed by atoms with Crippen LogP contribution in [0.25, 0.3) is 0 Å². The molecule has 0 saturated heterocycles. The van der Waals surface area contributed by atoms with Crippen LogP contribution in [0.4, 0.5) is 9.52 Å². The minimum Gasteiger partial charge on any atom is -0.467 e. The molecule has 28 heavy (non-hydrogen) atoms. The van der Waals surface area contributed by atoms with Gasteiger partial charge in [-0.3, -0.25) is 9.63 Å². The molecule has 2 aromatic heterocycles. The summed E-state index contributed by atoms with van der Waals surface area (Å²) in [6.07, 6.45) is 2.36. The maximum atomic E-state index is 13.1. The number of nitrogens with one attached hydrogen (secondary N) is 1. The van der Waals surface area contributed by atoms with Crippen LogP contribution in [-0.2, 0) is 22.6 Å². The minimum atomic E-state index is -0.273. The molecule has 0 saturated carbocycles. The third kappa shape index (κ3) is 5.86. The average Bonchev–Trinajstić information content (AvgIpc) is 3.37. The summed E-state index contributed by atoms with van der Waals surface area (Å²) in [4.78, 5) is 23.3. The highest BCUT2D eigenvalue weighted by molar-refractivity contribution is 7.09. The fourth-order valence-corrected chi connectivity index (χ4v) is 3.21. The van der Waals surface area contributed by atoms with Gasteiger partial charge in [-0.1, -0.05) is 12.1 Å². The number of hydroxylamine groups is 1. The smallest absolute Gasteiger partial charge is 0.245 e. The molecule has 0 aliphatic carbocycles. The first-order chi connectivity index (χ1) is 13.6. The van der Waals surface area contributed by atoms with Gasteiger partial charge in [-0.15, -0.1) is 0 Å². The third-order valence-electron chi connectivity index (χ3n) is 3.87. The van der Waals surface area contributed by atoms with Crippen molar-refractivity contribution in [1.29, 1.82) is 0 Å². The number of hydrogen-bond acceptors (Lipinski definition) is 7. The second-order valence-electron chi connectivity index (χ2n) is 6.01. The molecule has 3 rings (SSSR count). The monoisotopic (exact) mass is 404 g/mol. The van der Waals surface area contributed by atoms with Crippen LogP contribution in [0.2, 0.25) is 0 Å². The van der Waals surface area contributed by atoms with Crippen molar-refractivity contribution in [2.45, 2.75) is 26.3 Å². The molecule has 7 nitrogen and oxygen atoms in total. The van der Waals surface area contributed by atoms with Gasteiger partial charge in [0.15, 0.2) is 0 Å². The van der Waals surface area contributed by atoms with Crippen LogP contribution in [-0.4, -0.2) is 28.4 Å². The molecule has 2 heterocycles. The summed E-state index contributed by atoms with van der Waals surface area (Å²) in [6.45, 7) is 3.11. The summed E-state index contributed by atoms with van der Waals surface area (Å²) >= 11 is 1.26. The average molecular weight is 404 g/mol. The lowest BCUT2D eigenvalue weighted by atomic mass is 10.1. The molecule has 1 amide bonds. The Hall–Kier alpha value is -2.78. The van der Waals surface area contributed by atoms with E-state index in [0.29, 0.717) is 37.1 Å². The number of amides is 1. The number of rotatable bonds is 10. The molecule has 3 aromatic rings. The van der Waals surface area contributed by atoms with E-state index in [1.165, 1.54) is 23.7 Å². The number of aromatic nitrogens is 2. The van der Waals surface area contributed by atoms with Gasteiger partial charge in [0.05, 0.1) is 19.4 Å². The summed E-state index contributed by atoms with van der Waals surface area (Å²) < 4.78 is 22.9. The van der Waals surface area contributed by atoms with Crippen molar-refractivity contribution in [3.63, 3.8) is 0 Å². The second kappa shape index (κ2) is 9.95. The summed E-state index contributed by atoms with van der Waals surface area (Å²) in [5.74, 6) is 0.934. The number of furan rings is 1. The number of carbonyl (C=O) groups is 1. The number of halogens is 1. The van der Waals surface area contributed by atoms with Crippen molar-refractivity contribution in [3.05, 3.63) is 65.6 Å². The molecule has 0 atom stereocenters. The molecule has 0 spiro atoms. The predicted molar refractivity (Wildman–Crippen MR) is 103 cm³/mol. The molecular weight excluding hydrogens is 383 g/mol. The van der Waals surface area contributed by atoms with Crippen LogP contribution < -0.4 is 10.4 Å². The highest BCUT2D eigenvalue weighted by atomic mass is 32.1. The summed E-state index contributed by atoms with van der Waals surface area (Å²) in [7, 11) is 0. The van der Waals surface area contributed by atoms with Crippen molar-refractivity contribution in [3.8, 4) is 0 Å². The molecule has 0 aliphatic rings. The van der Waals surface area contributed by atoms with Gasteiger partial charge in [-0.25, -0.2) is 14.9 Å². The number of hydrogen-bond donors (Lipinski definition) is 1. The van der Waals surface area contributed by atoms with Crippen LogP contribution in [0.1, 0.15) is 30.5 Å². The standard InChI is InChI=1S/C19H21FN4O3S/c1-2-27-22-18(25)9-10-24(13-16-4-3-11-26-16)19-21-17(23-28-19)12-14-5-7-15(20)8-6-14/h3-8,11H,2,9-10,12-13H2,1H3,(H,22,25). The normalized spacial score (nSPS) is 10.8. The van der Waals surface area contributed by atoms with Gasteiger partial charge in [-0.2, -0.15) is 4.37 Å². The Morgan fingerprint density at radius 3 is 2.86 bits per heavy atom. The molecule has 9 heteroatoms. The van der Waals surface area contributed by atoms with E-state index >= 15 is 0 Å². The summed E-state index contributed by atoms with van der Waals surface area (Å²) in [6, 6.07) is 9.96. The Bertz CT molecular complexity index is 868. The zero-order valence-electron chi connectivity index (χ0n) is 15.4. The predicted octanol–water partition coefficient (Wildman–Crippen LogP) is 3.33. The molecular formula is C19H21FN4O3S. The van der Waals surface area contributed by atoms with Gasteiger partial charge in [0.25, 0.3) is 0 Å². The van der Waals surface area contributed by atoms with E-state index in [2.05, 4.69) is 14.8 Å². The zero-order chi connectivity index (χ0) is 19.8. The number of nitrogens with zero attached hydrogens (tertiary/aromatic N) is 3. The number of benzene rings is 1. The zero-order valence-corrected chi connectivity index (χ0v) is 16.2. The molecule has 0 unspecified atom stereocenters. The van der Waals surface area contributed by atoms with E-state index in [4.69, 9.17) is 9.25 Å². The Kier molecular flexibility index (Phi) is 7.10. The van der Waals surface area contributed by atoms with E-state index in [-0.39, 0.29) is 18.1 Å². The van der Waals surface area contributed by atoms with Crippen molar-refractivity contribution < 1.29 is 18.4 Å². The third-order valence-corrected chi connectivity index (χ3v) is 4.68. The lowest BCUT2D eigenvalue weighted by Crippen LogP contribution is -2.30. The molecule has 0 radical (unpaired) electrons. The largest absolute Gasteiger partial charge is 0.467 e. The van der Waals surface area contributed by atoms with Gasteiger partial charge >= 0.3 is 0 Å². The fourth-order valence-electron chi connectivity index (χ4n) is 2.50. The lowest BCUT2D eigenvalue weighted by Gasteiger charge is -2.19. The van der Waals surface area contributed by atoms with Crippen molar-refractivity contribution in [2.75, 3.05) is 18.1 Å². The van der Waals surface area contributed by atoms with E-state index in [0.717, 1.165) is 11.3 Å². The van der Waals surface area contributed by atoms with Gasteiger partial charge in [0, 0.05) is 30.9 Å². The topological polar surface area (TPSA) is 80.5 Å². The van der Waals surface area contributed by atoms with Gasteiger partial charge < -0.3 is 9.32 Å². The molecule has 0 fully saturated rings. The van der Waals surface area contributed by atoms with Gasteiger partial charge in [-0.05, 0) is 36.8 Å². The quantitative estimate of drug-likeness (QED) is 0.522. The van der Waals surface area contributed by atoms with Gasteiger partial charge in [0.1, 0.15) is 17.4 Å². The Morgan fingerprint density at radius 1 is 1.32 bits per heavy atom.